The lowest BCUT2D eigenvalue weighted by atomic mass is 9.91. The summed E-state index contributed by atoms with van der Waals surface area (Å²) in [7, 11) is 0. The van der Waals surface area contributed by atoms with Gasteiger partial charge in [-0.2, -0.15) is 0 Å². The lowest BCUT2D eigenvalue weighted by Crippen LogP contribution is -2.41. The molecule has 4 heteroatoms. The van der Waals surface area contributed by atoms with E-state index in [1.54, 1.807) is 0 Å². The van der Waals surface area contributed by atoms with Crippen molar-refractivity contribution in [3.63, 3.8) is 0 Å². The lowest BCUT2D eigenvalue weighted by Gasteiger charge is -2.36. The average molecular weight is 259 g/mol. The van der Waals surface area contributed by atoms with E-state index in [-0.39, 0.29) is 6.61 Å². The molecular formula is C15H21N3O. The highest BCUT2D eigenvalue weighted by atomic mass is 16.3. The van der Waals surface area contributed by atoms with Gasteiger partial charge in [-0.05, 0) is 31.4 Å². The van der Waals surface area contributed by atoms with Crippen LogP contribution in [-0.4, -0.2) is 38.6 Å². The minimum absolute atomic E-state index is 0.225. The van der Waals surface area contributed by atoms with E-state index in [1.807, 2.05) is 0 Å². The van der Waals surface area contributed by atoms with E-state index < -0.39 is 0 Å². The first-order valence-corrected chi connectivity index (χ1v) is 7.05. The van der Waals surface area contributed by atoms with Gasteiger partial charge in [0, 0.05) is 31.5 Å². The Kier molecular flexibility index (Phi) is 3.53. The molecule has 102 valence electrons. The second-order valence-corrected chi connectivity index (χ2v) is 5.48. The molecule has 1 saturated carbocycles. The largest absolute Gasteiger partial charge is 0.395 e. The van der Waals surface area contributed by atoms with Crippen molar-refractivity contribution in [1.29, 1.82) is 0 Å². The van der Waals surface area contributed by atoms with Crippen molar-refractivity contribution in [2.45, 2.75) is 38.8 Å². The fourth-order valence-electron chi connectivity index (χ4n) is 2.71. The van der Waals surface area contributed by atoms with Gasteiger partial charge in [0.1, 0.15) is 5.65 Å². The number of aromatic nitrogens is 2. The standard InChI is InChI=1S/C15H21N3O/c1-12-5-6-15-16-13(11-18(15)9-12)10-17(7-8-19)14-3-2-4-14/h5-6,9,11,14,19H,2-4,7-8,10H2,1H3. The van der Waals surface area contributed by atoms with Gasteiger partial charge < -0.3 is 9.51 Å². The molecule has 3 rings (SSSR count). The number of aliphatic hydroxyl groups excluding tert-OH is 1. The number of rotatable bonds is 5. The van der Waals surface area contributed by atoms with Crippen LogP contribution in [-0.2, 0) is 6.54 Å². The first-order chi connectivity index (χ1) is 9.26. The number of aliphatic hydroxyl groups is 1. The monoisotopic (exact) mass is 259 g/mol. The lowest BCUT2D eigenvalue weighted by molar-refractivity contribution is 0.0935. The molecule has 19 heavy (non-hydrogen) atoms. The van der Waals surface area contributed by atoms with E-state index in [0.717, 1.165) is 24.4 Å². The maximum absolute atomic E-state index is 9.19. The van der Waals surface area contributed by atoms with Crippen molar-refractivity contribution in [2.75, 3.05) is 13.2 Å². The van der Waals surface area contributed by atoms with Gasteiger partial charge in [-0.3, -0.25) is 4.90 Å². The van der Waals surface area contributed by atoms with Gasteiger partial charge in [0.15, 0.2) is 0 Å². The van der Waals surface area contributed by atoms with Crippen molar-refractivity contribution in [3.05, 3.63) is 35.8 Å². The van der Waals surface area contributed by atoms with Crippen LogP contribution in [0.5, 0.6) is 0 Å². The van der Waals surface area contributed by atoms with Crippen molar-refractivity contribution < 1.29 is 5.11 Å². The molecule has 2 heterocycles. The molecule has 0 aliphatic heterocycles. The molecule has 0 aromatic carbocycles. The van der Waals surface area contributed by atoms with Crippen LogP contribution in [0.1, 0.15) is 30.5 Å². The summed E-state index contributed by atoms with van der Waals surface area (Å²) in [5.74, 6) is 0. The van der Waals surface area contributed by atoms with Crippen molar-refractivity contribution >= 4 is 5.65 Å². The van der Waals surface area contributed by atoms with Crippen LogP contribution in [0, 0.1) is 6.92 Å². The highest BCUT2D eigenvalue weighted by Crippen LogP contribution is 2.25. The third-order valence-electron chi connectivity index (χ3n) is 3.99. The van der Waals surface area contributed by atoms with Crippen LogP contribution < -0.4 is 0 Å². The minimum Gasteiger partial charge on any atom is -0.395 e. The average Bonchev–Trinajstić information content (AvgIpc) is 2.68. The molecule has 0 unspecified atom stereocenters. The van der Waals surface area contributed by atoms with Gasteiger partial charge in [-0.1, -0.05) is 12.5 Å². The second kappa shape index (κ2) is 5.31. The third-order valence-corrected chi connectivity index (χ3v) is 3.99. The molecule has 4 nitrogen and oxygen atoms in total. The molecular weight excluding hydrogens is 238 g/mol. The zero-order chi connectivity index (χ0) is 13.2. The summed E-state index contributed by atoms with van der Waals surface area (Å²) in [5, 5.41) is 9.19. The number of hydrogen-bond donors (Lipinski definition) is 1. The van der Waals surface area contributed by atoms with Crippen LogP contribution in [0.2, 0.25) is 0 Å². The van der Waals surface area contributed by atoms with E-state index in [1.165, 1.54) is 24.8 Å². The number of hydrogen-bond acceptors (Lipinski definition) is 3. The maximum Gasteiger partial charge on any atom is 0.137 e. The van der Waals surface area contributed by atoms with Gasteiger partial charge in [-0.25, -0.2) is 4.98 Å². The molecule has 0 atom stereocenters. The van der Waals surface area contributed by atoms with Crippen molar-refractivity contribution in [3.8, 4) is 0 Å². The fourth-order valence-corrected chi connectivity index (χ4v) is 2.71. The van der Waals surface area contributed by atoms with Crippen molar-refractivity contribution in [2.24, 2.45) is 0 Å². The summed E-state index contributed by atoms with van der Waals surface area (Å²) >= 11 is 0. The zero-order valence-corrected chi connectivity index (χ0v) is 11.4. The molecule has 0 amide bonds. The van der Waals surface area contributed by atoms with Gasteiger partial charge >= 0.3 is 0 Å². The summed E-state index contributed by atoms with van der Waals surface area (Å²) in [4.78, 5) is 7.02. The molecule has 1 fully saturated rings. The summed E-state index contributed by atoms with van der Waals surface area (Å²) in [6.07, 6.45) is 8.03. The van der Waals surface area contributed by atoms with Gasteiger partial charge in [-0.15, -0.1) is 0 Å². The number of imidazole rings is 1. The number of fused-ring (bicyclic) bond motifs is 1. The molecule has 0 spiro atoms. The zero-order valence-electron chi connectivity index (χ0n) is 11.4. The summed E-state index contributed by atoms with van der Waals surface area (Å²) in [5.41, 5.74) is 3.33. The van der Waals surface area contributed by atoms with E-state index in [0.29, 0.717) is 6.04 Å². The molecule has 0 saturated heterocycles. The predicted octanol–water partition coefficient (Wildman–Crippen LogP) is 1.99. The smallest absolute Gasteiger partial charge is 0.137 e. The molecule has 1 N–H and O–H groups in total. The maximum atomic E-state index is 9.19. The Morgan fingerprint density at radius 2 is 2.21 bits per heavy atom. The third kappa shape index (κ3) is 2.65. The van der Waals surface area contributed by atoms with Gasteiger partial charge in [0.2, 0.25) is 0 Å². The number of aryl methyl sites for hydroxylation is 1. The Morgan fingerprint density at radius 1 is 1.37 bits per heavy atom. The van der Waals surface area contributed by atoms with Gasteiger partial charge in [0.05, 0.1) is 12.3 Å². The first-order valence-electron chi connectivity index (χ1n) is 7.05. The van der Waals surface area contributed by atoms with Crippen LogP contribution in [0.3, 0.4) is 0 Å². The number of pyridine rings is 1. The first kappa shape index (κ1) is 12.6. The Balaban J connectivity index is 1.78. The minimum atomic E-state index is 0.225. The highest BCUT2D eigenvalue weighted by molar-refractivity contribution is 5.41. The molecule has 2 aromatic rings. The quantitative estimate of drug-likeness (QED) is 0.892. The number of nitrogens with zero attached hydrogens (tertiary/aromatic N) is 3. The molecule has 2 aromatic heterocycles. The molecule has 1 aliphatic rings. The highest BCUT2D eigenvalue weighted by Gasteiger charge is 2.25. The van der Waals surface area contributed by atoms with E-state index in [2.05, 4.69) is 45.7 Å². The van der Waals surface area contributed by atoms with E-state index in [4.69, 9.17) is 0 Å². The van der Waals surface area contributed by atoms with Crippen LogP contribution in [0.15, 0.2) is 24.5 Å². The molecule has 0 bridgehead atoms. The molecule has 0 radical (unpaired) electrons. The van der Waals surface area contributed by atoms with Gasteiger partial charge in [0.25, 0.3) is 0 Å². The molecule has 1 aliphatic carbocycles. The van der Waals surface area contributed by atoms with Crippen LogP contribution in [0.25, 0.3) is 5.65 Å². The summed E-state index contributed by atoms with van der Waals surface area (Å²) in [6, 6.07) is 4.78. The fraction of sp³-hybridized carbons (Fsp3) is 0.533. The SMILES string of the molecule is Cc1ccc2nc(CN(CCO)C3CCC3)cn2c1. The van der Waals surface area contributed by atoms with Crippen molar-refractivity contribution in [1.82, 2.24) is 14.3 Å². The Bertz CT molecular complexity index is 560. The summed E-state index contributed by atoms with van der Waals surface area (Å²) < 4.78 is 2.09. The van der Waals surface area contributed by atoms with E-state index >= 15 is 0 Å². The van der Waals surface area contributed by atoms with Crippen LogP contribution in [0.4, 0.5) is 0 Å². The normalized spacial score (nSPS) is 16.2. The Morgan fingerprint density at radius 3 is 2.89 bits per heavy atom. The van der Waals surface area contributed by atoms with E-state index in [9.17, 15) is 5.11 Å². The Labute approximate surface area is 113 Å². The Hall–Kier alpha value is -1.39. The second-order valence-electron chi connectivity index (χ2n) is 5.48. The van der Waals surface area contributed by atoms with Crippen LogP contribution >= 0.6 is 0 Å². The summed E-state index contributed by atoms with van der Waals surface area (Å²) in [6.45, 7) is 3.90. The predicted molar refractivity (Wildman–Crippen MR) is 75.1 cm³/mol. The topological polar surface area (TPSA) is 40.8 Å².